The lowest BCUT2D eigenvalue weighted by Gasteiger charge is -2.26. The average molecular weight is 455 g/mol. The van der Waals surface area contributed by atoms with Crippen molar-refractivity contribution in [3.8, 4) is 5.75 Å². The van der Waals surface area contributed by atoms with E-state index in [0.29, 0.717) is 28.8 Å². The average Bonchev–Trinajstić information content (AvgIpc) is 2.78. The Morgan fingerprint density at radius 1 is 1.12 bits per heavy atom. The molecule has 0 fully saturated rings. The maximum atomic E-state index is 12.7. The molecule has 1 heterocycles. The zero-order chi connectivity index (χ0) is 23.1. The van der Waals surface area contributed by atoms with Crippen molar-refractivity contribution in [1.29, 1.82) is 0 Å². The van der Waals surface area contributed by atoms with E-state index in [2.05, 4.69) is 5.32 Å². The molecule has 2 N–H and O–H groups in total. The van der Waals surface area contributed by atoms with Crippen LogP contribution in [0, 0.1) is 0 Å². The molecule has 0 aromatic heterocycles. The zero-order valence-electron chi connectivity index (χ0n) is 18.3. The molecule has 2 aromatic rings. The van der Waals surface area contributed by atoms with Gasteiger partial charge in [0, 0.05) is 11.4 Å². The predicted molar refractivity (Wildman–Crippen MR) is 125 cm³/mol. The van der Waals surface area contributed by atoms with Gasteiger partial charge in [0.25, 0.3) is 0 Å². The van der Waals surface area contributed by atoms with Gasteiger partial charge in [-0.1, -0.05) is 36.0 Å². The number of esters is 1. The van der Waals surface area contributed by atoms with Crippen LogP contribution in [-0.2, 0) is 15.3 Å². The monoisotopic (exact) mass is 454 g/mol. The number of carbonyl (C=O) groups is 2. The molecule has 7 nitrogen and oxygen atoms in total. The van der Waals surface area contributed by atoms with Crippen LogP contribution in [0.2, 0.25) is 0 Å². The fraction of sp³-hybridized carbons (Fsp3) is 0.292. The van der Waals surface area contributed by atoms with Crippen molar-refractivity contribution >= 4 is 28.9 Å². The van der Waals surface area contributed by atoms with Crippen molar-refractivity contribution in [2.24, 2.45) is 4.99 Å². The van der Waals surface area contributed by atoms with Crippen LogP contribution in [0.25, 0.3) is 0 Å². The van der Waals surface area contributed by atoms with Crippen LogP contribution in [0.4, 0.5) is 0 Å². The summed E-state index contributed by atoms with van der Waals surface area (Å²) in [6, 6.07) is 13.8. The van der Waals surface area contributed by atoms with Crippen LogP contribution in [0.15, 0.2) is 64.8 Å². The molecule has 32 heavy (non-hydrogen) atoms. The number of benzene rings is 2. The van der Waals surface area contributed by atoms with Gasteiger partial charge < -0.3 is 19.9 Å². The number of amidine groups is 1. The Morgan fingerprint density at radius 3 is 2.53 bits per heavy atom. The molecule has 0 amide bonds. The van der Waals surface area contributed by atoms with Gasteiger partial charge in [0.15, 0.2) is 5.17 Å². The summed E-state index contributed by atoms with van der Waals surface area (Å²) in [5.74, 6) is -0.0810. The Balaban J connectivity index is 1.86. The Kier molecular flexibility index (Phi) is 7.94. The second kappa shape index (κ2) is 10.9. The van der Waals surface area contributed by atoms with E-state index in [-0.39, 0.29) is 12.2 Å². The molecule has 1 aliphatic rings. The number of carboxylic acids is 1. The number of carboxylic acid groups (broad SMARTS) is 1. The highest BCUT2D eigenvalue weighted by Gasteiger charge is 2.30. The highest BCUT2D eigenvalue weighted by molar-refractivity contribution is 8.13. The SMILES string of the molecule is CCOC(=O)C1=C(C)NC(SCc2cccc(C(=O)O)c2)=N[C@@H]1c1ccc(OCC)cc1. The van der Waals surface area contributed by atoms with Crippen LogP contribution in [0.5, 0.6) is 5.75 Å². The molecule has 0 aliphatic carbocycles. The van der Waals surface area contributed by atoms with E-state index in [1.165, 1.54) is 11.8 Å². The van der Waals surface area contributed by atoms with E-state index in [1.54, 1.807) is 25.1 Å². The van der Waals surface area contributed by atoms with Crippen molar-refractivity contribution in [1.82, 2.24) is 5.32 Å². The molecule has 0 saturated heterocycles. The number of carbonyl (C=O) groups excluding carboxylic acids is 1. The van der Waals surface area contributed by atoms with Crippen molar-refractivity contribution in [3.05, 3.63) is 76.5 Å². The number of nitrogens with one attached hydrogen (secondary N) is 1. The van der Waals surface area contributed by atoms with Gasteiger partial charge in [-0.2, -0.15) is 0 Å². The molecule has 0 bridgehead atoms. The number of rotatable bonds is 8. The predicted octanol–water partition coefficient (Wildman–Crippen LogP) is 4.55. The van der Waals surface area contributed by atoms with E-state index < -0.39 is 18.0 Å². The lowest BCUT2D eigenvalue weighted by atomic mass is 9.96. The summed E-state index contributed by atoms with van der Waals surface area (Å²) >= 11 is 1.45. The summed E-state index contributed by atoms with van der Waals surface area (Å²) in [6.07, 6.45) is 0. The van der Waals surface area contributed by atoms with Crippen LogP contribution in [-0.4, -0.2) is 35.4 Å². The molecule has 1 atom stereocenters. The Bertz CT molecular complexity index is 1050. The van der Waals surface area contributed by atoms with Crippen molar-refractivity contribution in [2.75, 3.05) is 13.2 Å². The molecule has 3 rings (SSSR count). The zero-order valence-corrected chi connectivity index (χ0v) is 19.1. The number of allylic oxidation sites excluding steroid dienone is 1. The smallest absolute Gasteiger partial charge is 0.338 e. The standard InChI is InChI=1S/C24H26N2O5S/c1-4-30-19-11-9-17(10-12-19)21-20(23(29)31-5-2)15(3)25-24(26-21)32-14-16-7-6-8-18(13-16)22(27)28/h6-13,21H,4-5,14H2,1-3H3,(H,25,26)(H,27,28)/t21-/m1/s1. The summed E-state index contributed by atoms with van der Waals surface area (Å²) in [7, 11) is 0. The number of ether oxygens (including phenoxy) is 2. The quantitative estimate of drug-likeness (QED) is 0.565. The third-order valence-corrected chi connectivity index (χ3v) is 5.73. The fourth-order valence-corrected chi connectivity index (χ4v) is 4.18. The molecule has 8 heteroatoms. The van der Waals surface area contributed by atoms with Gasteiger partial charge in [-0.3, -0.25) is 0 Å². The molecule has 0 unspecified atom stereocenters. The number of aromatic carboxylic acids is 1. The maximum absolute atomic E-state index is 12.7. The summed E-state index contributed by atoms with van der Waals surface area (Å²) in [5, 5.41) is 13.0. The van der Waals surface area contributed by atoms with Crippen LogP contribution in [0.1, 0.15) is 48.3 Å². The largest absolute Gasteiger partial charge is 0.494 e. The number of aliphatic imine (C=N–C) groups is 1. The summed E-state index contributed by atoms with van der Waals surface area (Å²) in [6.45, 7) is 6.37. The number of hydrogen-bond acceptors (Lipinski definition) is 7. The van der Waals surface area contributed by atoms with E-state index in [1.807, 2.05) is 44.2 Å². The van der Waals surface area contributed by atoms with Crippen LogP contribution in [0.3, 0.4) is 0 Å². The molecule has 1 aliphatic heterocycles. The minimum absolute atomic E-state index is 0.245. The first-order valence-electron chi connectivity index (χ1n) is 10.3. The van der Waals surface area contributed by atoms with Crippen molar-refractivity contribution in [2.45, 2.75) is 32.6 Å². The second-order valence-electron chi connectivity index (χ2n) is 7.02. The maximum Gasteiger partial charge on any atom is 0.338 e. The minimum Gasteiger partial charge on any atom is -0.494 e. The van der Waals surface area contributed by atoms with Gasteiger partial charge >= 0.3 is 11.9 Å². The Hall–Kier alpha value is -3.26. The molecule has 0 radical (unpaired) electrons. The first-order chi connectivity index (χ1) is 15.4. The third kappa shape index (κ3) is 5.70. The summed E-state index contributed by atoms with van der Waals surface area (Å²) < 4.78 is 10.8. The molecule has 0 saturated carbocycles. The van der Waals surface area contributed by atoms with E-state index >= 15 is 0 Å². The highest BCUT2D eigenvalue weighted by atomic mass is 32.2. The number of hydrogen-bond donors (Lipinski definition) is 2. The lowest BCUT2D eigenvalue weighted by Crippen LogP contribution is -2.30. The topological polar surface area (TPSA) is 97.2 Å². The first kappa shape index (κ1) is 23.4. The van der Waals surface area contributed by atoms with Gasteiger partial charge in [0.2, 0.25) is 0 Å². The van der Waals surface area contributed by atoms with Gasteiger partial charge in [-0.05, 0) is 56.2 Å². The molecular formula is C24H26N2O5S. The number of thioether (sulfide) groups is 1. The van der Waals surface area contributed by atoms with E-state index in [9.17, 15) is 14.7 Å². The van der Waals surface area contributed by atoms with Gasteiger partial charge in [0.05, 0.1) is 24.4 Å². The van der Waals surface area contributed by atoms with Crippen molar-refractivity contribution < 1.29 is 24.2 Å². The minimum atomic E-state index is -0.960. The fourth-order valence-electron chi connectivity index (χ4n) is 3.29. The molecule has 168 valence electrons. The first-order valence-corrected chi connectivity index (χ1v) is 11.3. The Labute approximate surface area is 191 Å². The van der Waals surface area contributed by atoms with Gasteiger partial charge in [0.1, 0.15) is 11.8 Å². The number of nitrogens with zero attached hydrogens (tertiary/aromatic N) is 1. The summed E-state index contributed by atoms with van der Waals surface area (Å²) in [4.78, 5) is 28.7. The van der Waals surface area contributed by atoms with Gasteiger partial charge in [-0.25, -0.2) is 14.6 Å². The van der Waals surface area contributed by atoms with Crippen molar-refractivity contribution in [3.63, 3.8) is 0 Å². The highest BCUT2D eigenvalue weighted by Crippen LogP contribution is 2.34. The lowest BCUT2D eigenvalue weighted by molar-refractivity contribution is -0.138. The van der Waals surface area contributed by atoms with Crippen LogP contribution < -0.4 is 10.1 Å². The van der Waals surface area contributed by atoms with E-state index in [0.717, 1.165) is 16.9 Å². The molecule has 0 spiro atoms. The molecule has 2 aromatic carbocycles. The third-order valence-electron chi connectivity index (χ3n) is 4.77. The molecular weight excluding hydrogens is 428 g/mol. The van der Waals surface area contributed by atoms with E-state index in [4.69, 9.17) is 14.5 Å². The van der Waals surface area contributed by atoms with Crippen LogP contribution >= 0.6 is 11.8 Å². The normalized spacial score (nSPS) is 15.6. The second-order valence-corrected chi connectivity index (χ2v) is 7.98. The Morgan fingerprint density at radius 2 is 1.88 bits per heavy atom. The van der Waals surface area contributed by atoms with Gasteiger partial charge in [-0.15, -0.1) is 0 Å². The summed E-state index contributed by atoms with van der Waals surface area (Å²) in [5.41, 5.74) is 3.11.